The van der Waals surface area contributed by atoms with Crippen LogP contribution in [-0.4, -0.2) is 39.4 Å². The fourth-order valence-corrected chi connectivity index (χ4v) is 2.26. The summed E-state index contributed by atoms with van der Waals surface area (Å²) in [5.41, 5.74) is 0. The molecule has 15 heavy (non-hydrogen) atoms. The molecule has 0 amide bonds. The molecule has 1 aliphatic carbocycles. The minimum atomic E-state index is -0.794. The third-order valence-electron chi connectivity index (χ3n) is 2.66. The average molecular weight is 233 g/mol. The lowest BCUT2D eigenvalue weighted by atomic mass is 10.1. The summed E-state index contributed by atoms with van der Waals surface area (Å²) < 4.78 is 10.9. The predicted octanol–water partition coefficient (Wildman–Crippen LogP) is 0.596. The summed E-state index contributed by atoms with van der Waals surface area (Å²) >= 11 is 0. The van der Waals surface area contributed by atoms with Crippen LogP contribution in [0.15, 0.2) is 0 Å². The Morgan fingerprint density at radius 2 is 2.20 bits per heavy atom. The Morgan fingerprint density at radius 1 is 1.60 bits per heavy atom. The minimum Gasteiger partial charge on any atom is -0.480 e. The van der Waals surface area contributed by atoms with Gasteiger partial charge in [0.05, 0.1) is 0 Å². The molecule has 88 valence electrons. The minimum absolute atomic E-state index is 0.121. The van der Waals surface area contributed by atoms with Crippen molar-refractivity contribution in [3.63, 3.8) is 0 Å². The van der Waals surface area contributed by atoms with Crippen LogP contribution in [0.5, 0.6) is 0 Å². The number of nitrogens with one attached hydrogen (secondary N) is 1. The highest BCUT2D eigenvalue weighted by Gasteiger charge is 2.36. The number of hydrogen-bond donors (Lipinski definition) is 2. The third-order valence-corrected chi connectivity index (χ3v) is 3.47. The van der Waals surface area contributed by atoms with Crippen molar-refractivity contribution in [2.24, 2.45) is 5.92 Å². The van der Waals surface area contributed by atoms with Crippen LogP contribution in [0.3, 0.4) is 0 Å². The van der Waals surface area contributed by atoms with Crippen LogP contribution in [-0.2, 0) is 15.6 Å². The van der Waals surface area contributed by atoms with E-state index >= 15 is 0 Å². The molecule has 1 aliphatic rings. The molecule has 1 saturated carbocycles. The van der Waals surface area contributed by atoms with Crippen molar-refractivity contribution in [2.45, 2.75) is 38.3 Å². The monoisotopic (exact) mass is 233 g/mol. The Hall–Kier alpha value is -0.420. The zero-order valence-corrected chi connectivity index (χ0v) is 10.0. The van der Waals surface area contributed by atoms with E-state index in [0.29, 0.717) is 11.7 Å². The Morgan fingerprint density at radius 3 is 2.60 bits per heavy atom. The first-order valence-corrected chi connectivity index (χ1v) is 7.02. The number of carbonyl (C=O) groups is 1. The van der Waals surface area contributed by atoms with Crippen LogP contribution in [0.1, 0.15) is 26.2 Å². The number of aliphatic carboxylic acids is 1. The first kappa shape index (κ1) is 12.6. The molecule has 0 spiro atoms. The molecule has 0 heterocycles. The van der Waals surface area contributed by atoms with Crippen LogP contribution in [0.4, 0.5) is 0 Å². The first-order chi connectivity index (χ1) is 7.00. The lowest BCUT2D eigenvalue weighted by molar-refractivity contribution is -0.140. The highest BCUT2D eigenvalue weighted by atomic mass is 32.2. The van der Waals surface area contributed by atoms with E-state index in [4.69, 9.17) is 5.11 Å². The summed E-state index contributed by atoms with van der Waals surface area (Å²) in [6, 6.07) is -0.291. The van der Waals surface area contributed by atoms with Crippen LogP contribution < -0.4 is 5.32 Å². The molecular formula is C10H19NO3S. The highest BCUT2D eigenvalue weighted by molar-refractivity contribution is 7.84. The van der Waals surface area contributed by atoms with Gasteiger partial charge < -0.3 is 10.4 Å². The molecule has 0 saturated heterocycles. The molecule has 0 bridgehead atoms. The maximum Gasteiger partial charge on any atom is 0.320 e. The summed E-state index contributed by atoms with van der Waals surface area (Å²) in [5.74, 6) is 0.171. The summed E-state index contributed by atoms with van der Waals surface area (Å²) in [5, 5.41) is 12.1. The molecule has 2 N–H and O–H groups in total. The van der Waals surface area contributed by atoms with E-state index in [1.807, 2.05) is 6.92 Å². The quantitative estimate of drug-likeness (QED) is 0.675. The highest BCUT2D eigenvalue weighted by Crippen LogP contribution is 2.33. The molecule has 3 unspecified atom stereocenters. The molecule has 0 aromatic rings. The molecular weight excluding hydrogens is 214 g/mol. The van der Waals surface area contributed by atoms with Crippen molar-refractivity contribution in [3.05, 3.63) is 0 Å². The van der Waals surface area contributed by atoms with E-state index in [9.17, 15) is 9.00 Å². The SMILES string of the molecule is CC(CCS(C)=O)NC(C(=O)O)C1CC1. The molecule has 5 heteroatoms. The smallest absolute Gasteiger partial charge is 0.320 e. The first-order valence-electron chi connectivity index (χ1n) is 5.29. The lowest BCUT2D eigenvalue weighted by Crippen LogP contribution is -2.44. The van der Waals surface area contributed by atoms with Gasteiger partial charge in [-0.1, -0.05) is 0 Å². The van der Waals surface area contributed by atoms with Gasteiger partial charge in [-0.25, -0.2) is 0 Å². The third kappa shape index (κ3) is 4.75. The van der Waals surface area contributed by atoms with Crippen molar-refractivity contribution < 1.29 is 14.1 Å². The Bertz CT molecular complexity index is 253. The van der Waals surface area contributed by atoms with Gasteiger partial charge in [-0.15, -0.1) is 0 Å². The molecule has 0 aliphatic heterocycles. The van der Waals surface area contributed by atoms with Gasteiger partial charge in [-0.3, -0.25) is 9.00 Å². The van der Waals surface area contributed by atoms with E-state index in [0.717, 1.165) is 19.3 Å². The van der Waals surface area contributed by atoms with Crippen LogP contribution >= 0.6 is 0 Å². The molecule has 1 rings (SSSR count). The summed E-state index contributed by atoms with van der Waals surface area (Å²) in [6.45, 7) is 1.95. The van der Waals surface area contributed by atoms with Gasteiger partial charge in [0.15, 0.2) is 0 Å². The number of carboxylic acids is 1. The van der Waals surface area contributed by atoms with Crippen molar-refractivity contribution in [2.75, 3.05) is 12.0 Å². The second-order valence-corrected chi connectivity index (χ2v) is 5.84. The largest absolute Gasteiger partial charge is 0.480 e. The van der Waals surface area contributed by atoms with Crippen molar-refractivity contribution >= 4 is 16.8 Å². The fraction of sp³-hybridized carbons (Fsp3) is 0.900. The average Bonchev–Trinajstić information content (AvgIpc) is 2.93. The van der Waals surface area contributed by atoms with Gasteiger partial charge >= 0.3 is 5.97 Å². The lowest BCUT2D eigenvalue weighted by Gasteiger charge is -2.19. The van der Waals surface area contributed by atoms with Crippen LogP contribution in [0.2, 0.25) is 0 Å². The van der Waals surface area contributed by atoms with Gasteiger partial charge in [0, 0.05) is 28.9 Å². The zero-order chi connectivity index (χ0) is 11.4. The Kier molecular flexibility index (Phi) is 4.73. The second kappa shape index (κ2) is 5.61. The molecule has 0 radical (unpaired) electrons. The number of hydrogen-bond acceptors (Lipinski definition) is 3. The summed E-state index contributed by atoms with van der Waals surface area (Å²) in [7, 11) is -0.794. The van der Waals surface area contributed by atoms with E-state index in [1.165, 1.54) is 0 Å². The molecule has 3 atom stereocenters. The number of rotatable bonds is 7. The van der Waals surface area contributed by atoms with Crippen LogP contribution in [0.25, 0.3) is 0 Å². The topological polar surface area (TPSA) is 66.4 Å². The van der Waals surface area contributed by atoms with Gasteiger partial charge in [-0.2, -0.15) is 0 Å². The Labute approximate surface area is 92.9 Å². The normalized spacial score (nSPS) is 22.0. The maximum atomic E-state index is 10.9. The maximum absolute atomic E-state index is 10.9. The van der Waals surface area contributed by atoms with Crippen molar-refractivity contribution in [1.82, 2.24) is 5.32 Å². The van der Waals surface area contributed by atoms with Gasteiger partial charge in [0.2, 0.25) is 0 Å². The van der Waals surface area contributed by atoms with E-state index in [-0.39, 0.29) is 6.04 Å². The molecule has 0 aromatic carbocycles. The number of carboxylic acid groups (broad SMARTS) is 1. The molecule has 0 aromatic heterocycles. The van der Waals surface area contributed by atoms with Gasteiger partial charge in [-0.05, 0) is 32.1 Å². The predicted molar refractivity (Wildman–Crippen MR) is 60.3 cm³/mol. The Balaban J connectivity index is 2.30. The van der Waals surface area contributed by atoms with Gasteiger partial charge in [0.1, 0.15) is 6.04 Å². The van der Waals surface area contributed by atoms with E-state index < -0.39 is 22.8 Å². The van der Waals surface area contributed by atoms with E-state index in [1.54, 1.807) is 6.26 Å². The van der Waals surface area contributed by atoms with E-state index in [2.05, 4.69) is 5.32 Å². The fourth-order valence-electron chi connectivity index (χ4n) is 1.57. The second-order valence-electron chi connectivity index (χ2n) is 4.29. The van der Waals surface area contributed by atoms with Crippen LogP contribution in [0, 0.1) is 5.92 Å². The zero-order valence-electron chi connectivity index (χ0n) is 9.23. The standard InChI is InChI=1S/C10H19NO3S/c1-7(5-6-15(2)14)11-9(10(12)13)8-3-4-8/h7-9,11H,3-6H2,1-2H3,(H,12,13). The molecule has 1 fully saturated rings. The molecule has 4 nitrogen and oxygen atoms in total. The summed E-state index contributed by atoms with van der Waals surface area (Å²) in [6.07, 6.45) is 4.45. The van der Waals surface area contributed by atoms with Crippen molar-refractivity contribution in [1.29, 1.82) is 0 Å². The van der Waals surface area contributed by atoms with Crippen molar-refractivity contribution in [3.8, 4) is 0 Å². The van der Waals surface area contributed by atoms with Gasteiger partial charge in [0.25, 0.3) is 0 Å². The summed E-state index contributed by atoms with van der Waals surface area (Å²) in [4.78, 5) is 10.9.